The quantitative estimate of drug-likeness (QED) is 0.395. The number of carbonyl (C=O) groups excluding carboxylic acids is 2. The van der Waals surface area contributed by atoms with E-state index in [4.69, 9.17) is 9.47 Å². The van der Waals surface area contributed by atoms with Crippen LogP contribution in [0.5, 0.6) is 11.5 Å². The van der Waals surface area contributed by atoms with Gasteiger partial charge in [0.1, 0.15) is 24.1 Å². The zero-order valence-electron chi connectivity index (χ0n) is 17.5. The van der Waals surface area contributed by atoms with Gasteiger partial charge in [-0.2, -0.15) is 0 Å². The van der Waals surface area contributed by atoms with Crippen molar-refractivity contribution in [3.63, 3.8) is 0 Å². The number of carboxylic acid groups (broad SMARTS) is 1. The van der Waals surface area contributed by atoms with Gasteiger partial charge in [0.2, 0.25) is 0 Å². The Labute approximate surface area is 185 Å². The Morgan fingerprint density at radius 1 is 0.844 bits per heavy atom. The van der Waals surface area contributed by atoms with Gasteiger partial charge in [-0.05, 0) is 47.5 Å². The average molecular weight is 433 g/mol. The molecule has 1 amide bonds. The molecule has 3 aromatic carbocycles. The van der Waals surface area contributed by atoms with Gasteiger partial charge in [-0.25, -0.2) is 4.79 Å². The molecule has 0 heterocycles. The summed E-state index contributed by atoms with van der Waals surface area (Å²) in [4.78, 5) is 35.1. The Morgan fingerprint density at radius 3 is 2.06 bits per heavy atom. The number of benzene rings is 3. The first-order valence-corrected chi connectivity index (χ1v) is 9.98. The van der Waals surface area contributed by atoms with Gasteiger partial charge in [-0.3, -0.25) is 9.59 Å². The van der Waals surface area contributed by atoms with Crippen LogP contribution in [0.25, 0.3) is 0 Å². The van der Waals surface area contributed by atoms with Crippen LogP contribution in [0, 0.1) is 0 Å². The number of ether oxygens (including phenoxy) is 2. The molecule has 164 valence electrons. The lowest BCUT2D eigenvalue weighted by Crippen LogP contribution is -2.42. The molecule has 1 atom stereocenters. The van der Waals surface area contributed by atoms with Crippen LogP contribution in [0.2, 0.25) is 0 Å². The molecular weight excluding hydrogens is 410 g/mol. The second kappa shape index (κ2) is 10.8. The fraction of sp³-hybridized carbons (Fsp3) is 0.160. The van der Waals surface area contributed by atoms with Crippen molar-refractivity contribution in [1.82, 2.24) is 5.32 Å². The number of amides is 1. The second-order valence-corrected chi connectivity index (χ2v) is 7.10. The molecule has 0 saturated heterocycles. The van der Waals surface area contributed by atoms with E-state index in [1.807, 2.05) is 30.3 Å². The first-order valence-electron chi connectivity index (χ1n) is 9.98. The van der Waals surface area contributed by atoms with Crippen LogP contribution in [0.4, 0.5) is 0 Å². The van der Waals surface area contributed by atoms with Crippen LogP contribution in [0.15, 0.2) is 78.9 Å². The largest absolute Gasteiger partial charge is 0.489 e. The van der Waals surface area contributed by atoms with Crippen molar-refractivity contribution in [1.29, 1.82) is 0 Å². The summed E-state index contributed by atoms with van der Waals surface area (Å²) in [5.41, 5.74) is 2.05. The zero-order chi connectivity index (χ0) is 22.9. The maximum absolute atomic E-state index is 12.5. The monoisotopic (exact) mass is 433 g/mol. The van der Waals surface area contributed by atoms with E-state index < -0.39 is 23.9 Å². The highest BCUT2D eigenvalue weighted by Crippen LogP contribution is 2.16. The Balaban J connectivity index is 1.58. The Bertz CT molecular complexity index is 1060. The molecule has 32 heavy (non-hydrogen) atoms. The highest BCUT2D eigenvalue weighted by atomic mass is 16.5. The third kappa shape index (κ3) is 6.70. The first kappa shape index (κ1) is 22.6. The van der Waals surface area contributed by atoms with E-state index in [-0.39, 0.29) is 12.0 Å². The number of esters is 1. The Hall–Kier alpha value is -4.13. The van der Waals surface area contributed by atoms with Crippen molar-refractivity contribution in [3.05, 3.63) is 95.6 Å². The SMILES string of the molecule is CC(=O)Oc1ccc(C(=O)N[C@H](Cc2ccc(OCc3ccccc3)cc2)C(=O)O)cc1. The summed E-state index contributed by atoms with van der Waals surface area (Å²) in [6.07, 6.45) is 0.117. The molecule has 2 N–H and O–H groups in total. The fourth-order valence-corrected chi connectivity index (χ4v) is 2.98. The fourth-order valence-electron chi connectivity index (χ4n) is 2.98. The van der Waals surface area contributed by atoms with Crippen molar-refractivity contribution >= 4 is 17.8 Å². The minimum atomic E-state index is -1.14. The van der Waals surface area contributed by atoms with Crippen molar-refractivity contribution in [2.45, 2.75) is 26.0 Å². The molecule has 0 spiro atoms. The number of carbonyl (C=O) groups is 3. The summed E-state index contributed by atoms with van der Waals surface area (Å²) in [6, 6.07) is 21.6. The predicted octanol–water partition coefficient (Wildman–Crippen LogP) is 3.62. The molecule has 3 aromatic rings. The second-order valence-electron chi connectivity index (χ2n) is 7.10. The van der Waals surface area contributed by atoms with Gasteiger partial charge in [-0.15, -0.1) is 0 Å². The summed E-state index contributed by atoms with van der Waals surface area (Å²) >= 11 is 0. The highest BCUT2D eigenvalue weighted by molar-refractivity contribution is 5.96. The van der Waals surface area contributed by atoms with E-state index in [0.717, 1.165) is 11.1 Å². The lowest BCUT2D eigenvalue weighted by atomic mass is 10.1. The van der Waals surface area contributed by atoms with Crippen LogP contribution in [0.1, 0.15) is 28.4 Å². The predicted molar refractivity (Wildman–Crippen MR) is 118 cm³/mol. The topological polar surface area (TPSA) is 102 Å². The molecule has 0 aliphatic rings. The lowest BCUT2D eigenvalue weighted by molar-refractivity contribution is -0.139. The Kier molecular flexibility index (Phi) is 7.59. The smallest absolute Gasteiger partial charge is 0.326 e. The van der Waals surface area contributed by atoms with Crippen LogP contribution in [-0.4, -0.2) is 29.0 Å². The van der Waals surface area contributed by atoms with Gasteiger partial charge in [0, 0.05) is 18.9 Å². The molecule has 0 fully saturated rings. The van der Waals surface area contributed by atoms with Crippen LogP contribution < -0.4 is 14.8 Å². The maximum atomic E-state index is 12.5. The Morgan fingerprint density at radius 2 is 1.47 bits per heavy atom. The molecule has 0 aliphatic carbocycles. The molecule has 0 unspecified atom stereocenters. The highest BCUT2D eigenvalue weighted by Gasteiger charge is 2.21. The van der Waals surface area contributed by atoms with Gasteiger partial charge >= 0.3 is 11.9 Å². The molecule has 0 aliphatic heterocycles. The molecule has 0 bridgehead atoms. The van der Waals surface area contributed by atoms with E-state index in [0.29, 0.717) is 18.1 Å². The van der Waals surface area contributed by atoms with Crippen molar-refractivity contribution < 1.29 is 29.0 Å². The molecule has 0 saturated carbocycles. The van der Waals surface area contributed by atoms with Gasteiger partial charge in [0.15, 0.2) is 0 Å². The lowest BCUT2D eigenvalue weighted by Gasteiger charge is -2.15. The zero-order valence-corrected chi connectivity index (χ0v) is 17.5. The van der Waals surface area contributed by atoms with Crippen molar-refractivity contribution in [2.75, 3.05) is 0 Å². The standard InChI is InChI=1S/C25H23NO6/c1-17(27)32-22-13-9-20(10-14-22)24(28)26-23(25(29)30)15-18-7-11-21(12-8-18)31-16-19-5-3-2-4-6-19/h2-14,23H,15-16H2,1H3,(H,26,28)(H,29,30)/t23-/m1/s1. The van der Waals surface area contributed by atoms with E-state index in [1.165, 1.54) is 31.2 Å². The number of hydrogen-bond acceptors (Lipinski definition) is 5. The van der Waals surface area contributed by atoms with E-state index in [2.05, 4.69) is 5.32 Å². The average Bonchev–Trinajstić information content (AvgIpc) is 2.79. The summed E-state index contributed by atoms with van der Waals surface area (Å²) in [6.45, 7) is 1.71. The number of rotatable bonds is 9. The normalized spacial score (nSPS) is 11.3. The van der Waals surface area contributed by atoms with E-state index in [9.17, 15) is 19.5 Å². The van der Waals surface area contributed by atoms with Gasteiger partial charge in [0.05, 0.1) is 0 Å². The minimum Gasteiger partial charge on any atom is -0.489 e. The van der Waals surface area contributed by atoms with E-state index >= 15 is 0 Å². The maximum Gasteiger partial charge on any atom is 0.326 e. The summed E-state index contributed by atoms with van der Waals surface area (Å²) < 4.78 is 10.7. The molecule has 7 nitrogen and oxygen atoms in total. The first-order chi connectivity index (χ1) is 15.4. The third-order valence-electron chi connectivity index (χ3n) is 4.59. The molecule has 7 heteroatoms. The van der Waals surface area contributed by atoms with Crippen molar-refractivity contribution in [2.24, 2.45) is 0 Å². The molecule has 3 rings (SSSR count). The molecule has 0 aromatic heterocycles. The minimum absolute atomic E-state index is 0.117. The summed E-state index contributed by atoms with van der Waals surface area (Å²) in [5, 5.41) is 12.1. The number of hydrogen-bond donors (Lipinski definition) is 2. The third-order valence-corrected chi connectivity index (χ3v) is 4.59. The van der Waals surface area contributed by atoms with E-state index in [1.54, 1.807) is 24.3 Å². The molecule has 0 radical (unpaired) electrons. The van der Waals surface area contributed by atoms with Gasteiger partial charge < -0.3 is 19.9 Å². The van der Waals surface area contributed by atoms with Crippen LogP contribution >= 0.6 is 0 Å². The summed E-state index contributed by atoms with van der Waals surface area (Å²) in [5.74, 6) is -1.17. The molecular formula is C25H23NO6. The van der Waals surface area contributed by atoms with Crippen molar-refractivity contribution in [3.8, 4) is 11.5 Å². The summed E-state index contributed by atoms with van der Waals surface area (Å²) in [7, 11) is 0. The van der Waals surface area contributed by atoms with Gasteiger partial charge in [-0.1, -0.05) is 42.5 Å². The number of carboxylic acids is 1. The number of aliphatic carboxylic acids is 1. The number of nitrogens with one attached hydrogen (secondary N) is 1. The van der Waals surface area contributed by atoms with Crippen LogP contribution in [-0.2, 0) is 22.6 Å². The van der Waals surface area contributed by atoms with Crippen LogP contribution in [0.3, 0.4) is 0 Å². The van der Waals surface area contributed by atoms with Gasteiger partial charge in [0.25, 0.3) is 5.91 Å².